The van der Waals surface area contributed by atoms with Crippen molar-refractivity contribution in [2.75, 3.05) is 13.7 Å². The first-order valence-electron chi connectivity index (χ1n) is 5.90. The van der Waals surface area contributed by atoms with Crippen molar-refractivity contribution in [1.29, 1.82) is 0 Å². The summed E-state index contributed by atoms with van der Waals surface area (Å²) in [7, 11) is 1.34. The number of piperazine rings is 1. The molecule has 0 bridgehead atoms. The zero-order valence-electron chi connectivity index (χ0n) is 11.2. The predicted octanol–water partition coefficient (Wildman–Crippen LogP) is 0.537. The van der Waals surface area contributed by atoms with E-state index in [1.165, 1.54) is 7.11 Å². The molecule has 1 aliphatic rings. The molecule has 1 amide bonds. The van der Waals surface area contributed by atoms with Crippen LogP contribution in [0.25, 0.3) is 0 Å². The van der Waals surface area contributed by atoms with Gasteiger partial charge < -0.3 is 10.1 Å². The number of carbonyl (C=O) groups excluding carboxylic acids is 2. The van der Waals surface area contributed by atoms with E-state index in [2.05, 4.69) is 21.9 Å². The van der Waals surface area contributed by atoms with E-state index in [1.807, 2.05) is 20.8 Å². The number of rotatable bonds is 2. The van der Waals surface area contributed by atoms with Crippen LogP contribution in [0.15, 0.2) is 0 Å². The summed E-state index contributed by atoms with van der Waals surface area (Å²) < 4.78 is 4.65. The monoisotopic (exact) mass is 242 g/mol. The fourth-order valence-electron chi connectivity index (χ4n) is 2.46. The lowest BCUT2D eigenvalue weighted by molar-refractivity contribution is -0.149. The third kappa shape index (κ3) is 3.19. The quantitative estimate of drug-likeness (QED) is 0.718. The van der Waals surface area contributed by atoms with E-state index in [0.29, 0.717) is 6.54 Å². The van der Waals surface area contributed by atoms with Crippen molar-refractivity contribution in [3.8, 4) is 0 Å². The van der Waals surface area contributed by atoms with Gasteiger partial charge in [-0.3, -0.25) is 14.5 Å². The maximum absolute atomic E-state index is 11.9. The van der Waals surface area contributed by atoms with Crippen molar-refractivity contribution in [2.45, 2.75) is 51.7 Å². The molecule has 0 aromatic heterocycles. The fourth-order valence-corrected chi connectivity index (χ4v) is 2.46. The Labute approximate surface area is 102 Å². The van der Waals surface area contributed by atoms with Crippen LogP contribution in [0.2, 0.25) is 0 Å². The van der Waals surface area contributed by atoms with Gasteiger partial charge >= 0.3 is 5.97 Å². The van der Waals surface area contributed by atoms with Crippen molar-refractivity contribution in [3.05, 3.63) is 0 Å². The zero-order valence-corrected chi connectivity index (χ0v) is 11.2. The molecule has 5 nitrogen and oxygen atoms in total. The number of amides is 1. The van der Waals surface area contributed by atoms with Gasteiger partial charge in [0.25, 0.3) is 0 Å². The SMILES string of the molecule is COC(=O)CC1C(=O)NCC(C)N1C(C)(C)C. The minimum atomic E-state index is -0.439. The molecule has 1 N–H and O–H groups in total. The summed E-state index contributed by atoms with van der Waals surface area (Å²) in [6.07, 6.45) is 0.101. The standard InChI is InChI=1S/C12H22N2O3/c1-8-7-13-11(16)9(6-10(15)17-5)14(8)12(2,3)4/h8-9H,6-7H2,1-5H3,(H,13,16). The van der Waals surface area contributed by atoms with Crippen molar-refractivity contribution >= 4 is 11.9 Å². The maximum Gasteiger partial charge on any atom is 0.307 e. The van der Waals surface area contributed by atoms with Crippen molar-refractivity contribution in [2.24, 2.45) is 0 Å². The second-order valence-corrected chi connectivity index (χ2v) is 5.47. The molecule has 0 aliphatic carbocycles. The van der Waals surface area contributed by atoms with Gasteiger partial charge in [-0.2, -0.15) is 0 Å². The van der Waals surface area contributed by atoms with Crippen molar-refractivity contribution in [1.82, 2.24) is 10.2 Å². The maximum atomic E-state index is 11.9. The third-order valence-corrected chi connectivity index (χ3v) is 3.05. The van der Waals surface area contributed by atoms with Crippen LogP contribution >= 0.6 is 0 Å². The molecule has 1 aliphatic heterocycles. The van der Waals surface area contributed by atoms with Crippen LogP contribution < -0.4 is 5.32 Å². The van der Waals surface area contributed by atoms with Crippen molar-refractivity contribution < 1.29 is 14.3 Å². The predicted molar refractivity (Wildman–Crippen MR) is 64.5 cm³/mol. The number of hydrogen-bond acceptors (Lipinski definition) is 4. The molecule has 0 radical (unpaired) electrons. The smallest absolute Gasteiger partial charge is 0.307 e. The number of carbonyl (C=O) groups is 2. The molecule has 0 aromatic carbocycles. The molecule has 17 heavy (non-hydrogen) atoms. The average molecular weight is 242 g/mol. The van der Waals surface area contributed by atoms with Crippen LogP contribution in [0.3, 0.4) is 0 Å². The molecule has 1 rings (SSSR count). The average Bonchev–Trinajstić information content (AvgIpc) is 2.21. The third-order valence-electron chi connectivity index (χ3n) is 3.05. The van der Waals surface area contributed by atoms with Crippen LogP contribution in [0, 0.1) is 0 Å². The van der Waals surface area contributed by atoms with Crippen LogP contribution in [-0.2, 0) is 14.3 Å². The van der Waals surface area contributed by atoms with E-state index in [1.54, 1.807) is 0 Å². The molecule has 1 fully saturated rings. The Balaban J connectivity index is 2.92. The van der Waals surface area contributed by atoms with Crippen LogP contribution in [0.4, 0.5) is 0 Å². The van der Waals surface area contributed by atoms with E-state index in [0.717, 1.165) is 0 Å². The highest BCUT2D eigenvalue weighted by Gasteiger charge is 2.41. The van der Waals surface area contributed by atoms with Gasteiger partial charge in [0, 0.05) is 18.1 Å². The molecule has 0 saturated carbocycles. The second kappa shape index (κ2) is 5.04. The topological polar surface area (TPSA) is 58.6 Å². The number of nitrogens with one attached hydrogen (secondary N) is 1. The summed E-state index contributed by atoms with van der Waals surface area (Å²) in [4.78, 5) is 25.3. The summed E-state index contributed by atoms with van der Waals surface area (Å²) in [5.74, 6) is -0.447. The first-order chi connectivity index (χ1) is 7.77. The lowest BCUT2D eigenvalue weighted by atomic mass is 9.95. The Morgan fingerprint density at radius 3 is 2.59 bits per heavy atom. The van der Waals surface area contributed by atoms with Gasteiger partial charge in [-0.15, -0.1) is 0 Å². The Morgan fingerprint density at radius 2 is 2.12 bits per heavy atom. The Kier molecular flexibility index (Phi) is 4.14. The molecular formula is C12H22N2O3. The molecule has 1 heterocycles. The number of hydrogen-bond donors (Lipinski definition) is 1. The highest BCUT2D eigenvalue weighted by atomic mass is 16.5. The van der Waals surface area contributed by atoms with E-state index in [9.17, 15) is 9.59 Å². The van der Waals surface area contributed by atoms with Gasteiger partial charge in [0.1, 0.15) is 6.04 Å². The summed E-state index contributed by atoms with van der Waals surface area (Å²) in [6, 6.07) is -0.228. The summed E-state index contributed by atoms with van der Waals surface area (Å²) in [5, 5.41) is 2.83. The number of ether oxygens (including phenoxy) is 1. The van der Waals surface area contributed by atoms with Crippen LogP contribution in [-0.4, -0.2) is 48.1 Å². The summed E-state index contributed by atoms with van der Waals surface area (Å²) >= 11 is 0. The van der Waals surface area contributed by atoms with Gasteiger partial charge in [-0.05, 0) is 27.7 Å². The van der Waals surface area contributed by atoms with Gasteiger partial charge in [0.15, 0.2) is 0 Å². The highest BCUT2D eigenvalue weighted by Crippen LogP contribution is 2.25. The normalized spacial score (nSPS) is 26.5. The lowest BCUT2D eigenvalue weighted by Crippen LogP contribution is -2.65. The van der Waals surface area contributed by atoms with Gasteiger partial charge in [0.05, 0.1) is 13.5 Å². The Bertz CT molecular complexity index is 309. The zero-order chi connectivity index (χ0) is 13.2. The lowest BCUT2D eigenvalue weighted by Gasteiger charge is -2.47. The van der Waals surface area contributed by atoms with E-state index >= 15 is 0 Å². The number of esters is 1. The van der Waals surface area contributed by atoms with E-state index in [-0.39, 0.29) is 29.9 Å². The summed E-state index contributed by atoms with van der Waals surface area (Å²) in [6.45, 7) is 8.81. The molecule has 5 heteroatoms. The van der Waals surface area contributed by atoms with Crippen LogP contribution in [0.1, 0.15) is 34.1 Å². The van der Waals surface area contributed by atoms with Gasteiger partial charge in [-0.1, -0.05) is 0 Å². The fraction of sp³-hybridized carbons (Fsp3) is 0.833. The molecule has 98 valence electrons. The molecule has 0 aromatic rings. The van der Waals surface area contributed by atoms with E-state index < -0.39 is 6.04 Å². The van der Waals surface area contributed by atoms with Crippen LogP contribution in [0.5, 0.6) is 0 Å². The van der Waals surface area contributed by atoms with Gasteiger partial charge in [0.2, 0.25) is 5.91 Å². The molecule has 2 atom stereocenters. The first-order valence-corrected chi connectivity index (χ1v) is 5.90. The molecule has 1 saturated heterocycles. The van der Waals surface area contributed by atoms with E-state index in [4.69, 9.17) is 0 Å². The van der Waals surface area contributed by atoms with Crippen molar-refractivity contribution in [3.63, 3.8) is 0 Å². The molecular weight excluding hydrogens is 220 g/mol. The minimum Gasteiger partial charge on any atom is -0.469 e. The number of nitrogens with zero attached hydrogens (tertiary/aromatic N) is 1. The van der Waals surface area contributed by atoms with Gasteiger partial charge in [-0.25, -0.2) is 0 Å². The number of methoxy groups -OCH3 is 1. The summed E-state index contributed by atoms with van der Waals surface area (Å²) in [5.41, 5.74) is -0.157. The first kappa shape index (κ1) is 14.0. The minimum absolute atomic E-state index is 0.0941. The Hall–Kier alpha value is -1.10. The Morgan fingerprint density at radius 1 is 1.53 bits per heavy atom. The largest absolute Gasteiger partial charge is 0.469 e. The molecule has 2 unspecified atom stereocenters. The highest BCUT2D eigenvalue weighted by molar-refractivity contribution is 5.87. The molecule has 0 spiro atoms. The second-order valence-electron chi connectivity index (χ2n) is 5.47.